The number of amides is 2. The van der Waals surface area contributed by atoms with Crippen molar-refractivity contribution in [2.75, 3.05) is 46.1 Å². The Bertz CT molecular complexity index is 1570. The molecule has 2 amide bonds. The highest BCUT2D eigenvalue weighted by Crippen LogP contribution is 2.42. The van der Waals surface area contributed by atoms with Gasteiger partial charge in [0.25, 0.3) is 5.91 Å². The van der Waals surface area contributed by atoms with Crippen molar-refractivity contribution in [1.29, 1.82) is 0 Å². The lowest BCUT2D eigenvalue weighted by molar-refractivity contribution is -0.125. The van der Waals surface area contributed by atoms with E-state index < -0.39 is 6.04 Å². The molecule has 5 rings (SSSR count). The highest BCUT2D eigenvalue weighted by Gasteiger charge is 2.35. The highest BCUT2D eigenvalue weighted by molar-refractivity contribution is 6.10. The zero-order valence-electron chi connectivity index (χ0n) is 22.6. The number of benzene rings is 3. The number of fused-ring (bicyclic) bond motifs is 2. The maximum atomic E-state index is 14.0. The molecule has 1 unspecified atom stereocenters. The molecular weight excluding hydrogens is 526 g/mol. The number of likely N-dealkylation sites (tertiary alicyclic amines) is 1. The Hall–Kier alpha value is -4.25. The molecule has 2 aromatic carbocycles. The number of rotatable bonds is 11. The molecule has 0 bridgehead atoms. The summed E-state index contributed by atoms with van der Waals surface area (Å²) in [6, 6.07) is 15.9. The van der Waals surface area contributed by atoms with Gasteiger partial charge in [0, 0.05) is 53.8 Å². The van der Waals surface area contributed by atoms with Gasteiger partial charge in [-0.1, -0.05) is 18.2 Å². The number of phenols is 1. The van der Waals surface area contributed by atoms with Crippen molar-refractivity contribution in [3.05, 3.63) is 76.5 Å². The quantitative estimate of drug-likeness (QED) is 0.188. The van der Waals surface area contributed by atoms with Gasteiger partial charge in [-0.2, -0.15) is 0 Å². The number of aromatic hydroxyl groups is 1. The van der Waals surface area contributed by atoms with Crippen molar-refractivity contribution in [1.82, 2.24) is 10.2 Å². The molecule has 0 radical (unpaired) electrons. The molecule has 1 aliphatic carbocycles. The Morgan fingerprint density at radius 2 is 1.80 bits per heavy atom. The Morgan fingerprint density at radius 1 is 1.00 bits per heavy atom. The van der Waals surface area contributed by atoms with E-state index in [1.54, 1.807) is 35.2 Å². The molecule has 1 atom stereocenters. The molecule has 2 aliphatic heterocycles. The third-order valence-electron chi connectivity index (χ3n) is 7.10. The number of hydrogen-bond donors (Lipinski definition) is 3. The lowest BCUT2D eigenvalue weighted by Crippen LogP contribution is -2.46. The molecule has 10 nitrogen and oxygen atoms in total. The van der Waals surface area contributed by atoms with Gasteiger partial charge in [0.05, 0.1) is 26.4 Å². The second-order valence-corrected chi connectivity index (χ2v) is 9.82. The molecule has 0 spiro atoms. The first-order valence-electron chi connectivity index (χ1n) is 13.7. The van der Waals surface area contributed by atoms with Crippen LogP contribution < -0.4 is 16.5 Å². The Balaban J connectivity index is 1.40. The monoisotopic (exact) mass is 559 g/mol. The molecule has 2 aromatic rings. The van der Waals surface area contributed by atoms with Gasteiger partial charge in [0.1, 0.15) is 23.1 Å². The topological polar surface area (TPSA) is 144 Å². The first-order chi connectivity index (χ1) is 20.0. The Morgan fingerprint density at radius 3 is 2.63 bits per heavy atom. The second kappa shape index (κ2) is 12.9. The molecule has 214 valence electrons. The number of nitrogens with one attached hydrogen (secondary N) is 1. The fourth-order valence-electron chi connectivity index (χ4n) is 5.24. The van der Waals surface area contributed by atoms with Crippen LogP contribution in [0.1, 0.15) is 23.2 Å². The van der Waals surface area contributed by atoms with Gasteiger partial charge in [-0.3, -0.25) is 14.4 Å². The van der Waals surface area contributed by atoms with Crippen molar-refractivity contribution >= 4 is 22.8 Å². The lowest BCUT2D eigenvalue weighted by Gasteiger charge is -2.26. The molecule has 3 aliphatic rings. The van der Waals surface area contributed by atoms with Crippen molar-refractivity contribution in [3.63, 3.8) is 0 Å². The van der Waals surface area contributed by atoms with Crippen LogP contribution in [0.3, 0.4) is 0 Å². The van der Waals surface area contributed by atoms with Gasteiger partial charge in [-0.25, -0.2) is 0 Å². The number of ether oxygens (including phenoxy) is 2. The van der Waals surface area contributed by atoms with E-state index >= 15 is 0 Å². The molecule has 0 saturated carbocycles. The first kappa shape index (κ1) is 28.3. The maximum absolute atomic E-state index is 14.0. The van der Waals surface area contributed by atoms with E-state index in [1.807, 2.05) is 12.1 Å². The maximum Gasteiger partial charge on any atom is 0.255 e. The van der Waals surface area contributed by atoms with E-state index in [0.29, 0.717) is 97.9 Å². The summed E-state index contributed by atoms with van der Waals surface area (Å²) in [6.45, 7) is 2.90. The van der Waals surface area contributed by atoms with E-state index in [2.05, 4.69) is 5.32 Å². The molecule has 0 aromatic heterocycles. The average molecular weight is 560 g/mol. The first-order valence-corrected chi connectivity index (χ1v) is 13.7. The van der Waals surface area contributed by atoms with Crippen molar-refractivity contribution in [2.24, 2.45) is 5.73 Å². The fourth-order valence-corrected chi connectivity index (χ4v) is 5.24. The van der Waals surface area contributed by atoms with Crippen LogP contribution in [0.25, 0.3) is 33.4 Å². The number of carbonyl (C=O) groups is 2. The minimum atomic E-state index is -0.595. The van der Waals surface area contributed by atoms with E-state index in [0.717, 1.165) is 0 Å². The Labute approximate surface area is 237 Å². The summed E-state index contributed by atoms with van der Waals surface area (Å²) in [4.78, 5) is 40.8. The van der Waals surface area contributed by atoms with E-state index in [-0.39, 0.29) is 23.0 Å². The molecule has 10 heteroatoms. The molecule has 41 heavy (non-hydrogen) atoms. The van der Waals surface area contributed by atoms with Gasteiger partial charge >= 0.3 is 0 Å². The van der Waals surface area contributed by atoms with Crippen LogP contribution in [0.2, 0.25) is 0 Å². The molecular formula is C31H33N3O7. The van der Waals surface area contributed by atoms with Crippen LogP contribution in [0.5, 0.6) is 5.75 Å². The zero-order chi connectivity index (χ0) is 28.8. The minimum Gasteiger partial charge on any atom is -0.508 e. The van der Waals surface area contributed by atoms with Crippen molar-refractivity contribution in [2.45, 2.75) is 18.9 Å². The summed E-state index contributed by atoms with van der Waals surface area (Å²) in [5, 5.41) is 13.6. The van der Waals surface area contributed by atoms with Gasteiger partial charge < -0.3 is 34.9 Å². The van der Waals surface area contributed by atoms with Gasteiger partial charge in [0.2, 0.25) is 5.91 Å². The van der Waals surface area contributed by atoms with Crippen LogP contribution in [-0.4, -0.2) is 73.9 Å². The summed E-state index contributed by atoms with van der Waals surface area (Å²) in [6.07, 6.45) is 1.28. The predicted molar refractivity (Wildman–Crippen MR) is 154 cm³/mol. The Kier molecular flexibility index (Phi) is 8.93. The smallest absolute Gasteiger partial charge is 0.255 e. The van der Waals surface area contributed by atoms with Crippen molar-refractivity contribution in [3.8, 4) is 28.2 Å². The SMILES string of the molecule is NCCOCCOCCNC(=O)C1CCCN1C(=O)c1ccccc1-c1c2ccc(=O)cc-2oc2cc(O)ccc12. The predicted octanol–water partition coefficient (Wildman–Crippen LogP) is 2.98. The van der Waals surface area contributed by atoms with Gasteiger partial charge in [-0.05, 0) is 48.7 Å². The van der Waals surface area contributed by atoms with E-state index in [4.69, 9.17) is 19.6 Å². The molecule has 1 saturated heterocycles. The van der Waals surface area contributed by atoms with Crippen LogP contribution in [0.4, 0.5) is 0 Å². The highest BCUT2D eigenvalue weighted by atomic mass is 16.5. The van der Waals surface area contributed by atoms with Crippen molar-refractivity contribution < 1.29 is 28.6 Å². The molecule has 1 fully saturated rings. The van der Waals surface area contributed by atoms with Gasteiger partial charge in [-0.15, -0.1) is 0 Å². The number of phenolic OH excluding ortho intramolecular Hbond substituents is 1. The summed E-state index contributed by atoms with van der Waals surface area (Å²) >= 11 is 0. The zero-order valence-corrected chi connectivity index (χ0v) is 22.6. The third kappa shape index (κ3) is 6.25. The largest absolute Gasteiger partial charge is 0.508 e. The van der Waals surface area contributed by atoms with Crippen LogP contribution in [0, 0.1) is 0 Å². The third-order valence-corrected chi connectivity index (χ3v) is 7.10. The minimum absolute atomic E-state index is 0.0189. The van der Waals surface area contributed by atoms with Crippen LogP contribution in [-0.2, 0) is 14.3 Å². The van der Waals surface area contributed by atoms with Crippen LogP contribution >= 0.6 is 0 Å². The second-order valence-electron chi connectivity index (χ2n) is 9.82. The summed E-state index contributed by atoms with van der Waals surface area (Å²) in [5.74, 6) is -0.109. The summed E-state index contributed by atoms with van der Waals surface area (Å²) in [7, 11) is 0. The summed E-state index contributed by atoms with van der Waals surface area (Å²) < 4.78 is 16.7. The number of nitrogens with two attached hydrogens (primary N) is 1. The standard InChI is InChI=1S/C31H33N3O7/c32-11-14-39-16-17-40-15-12-33-30(37)26-6-3-13-34(26)31(38)23-5-2-1-4-22(23)29-24-9-7-20(35)18-27(24)41-28-19-21(36)8-10-25(28)29/h1-2,4-5,7-10,18-19,26,35H,3,6,11-17,32H2,(H,33,37). The average Bonchev–Trinajstić information content (AvgIpc) is 3.47. The van der Waals surface area contributed by atoms with Gasteiger partial charge in [0.15, 0.2) is 5.43 Å². The number of nitrogens with zero attached hydrogens (tertiary/aromatic N) is 1. The number of carbonyl (C=O) groups excluding carboxylic acids is 2. The fraction of sp³-hybridized carbons (Fsp3) is 0.323. The molecule has 2 heterocycles. The van der Waals surface area contributed by atoms with Crippen LogP contribution in [0.15, 0.2) is 69.9 Å². The molecule has 4 N–H and O–H groups in total. The normalized spacial score (nSPS) is 15.0. The van der Waals surface area contributed by atoms with E-state index in [1.165, 1.54) is 18.2 Å². The lowest BCUT2D eigenvalue weighted by atomic mass is 9.90. The summed E-state index contributed by atoms with van der Waals surface area (Å²) in [5.41, 5.74) is 7.99. The number of hydrogen-bond acceptors (Lipinski definition) is 8. The van der Waals surface area contributed by atoms with E-state index in [9.17, 15) is 19.5 Å².